The second-order valence-electron chi connectivity index (χ2n) is 5.75. The molecule has 0 aromatic rings. The number of fused-ring (bicyclic) bond motifs is 1. The first-order valence-corrected chi connectivity index (χ1v) is 6.61. The van der Waals surface area contributed by atoms with Gasteiger partial charge in [-0.1, -0.05) is 0 Å². The fraction of sp³-hybridized carbons (Fsp3) is 1.00. The molecule has 3 rings (SSSR count). The lowest BCUT2D eigenvalue weighted by Gasteiger charge is -2.27. The fourth-order valence-corrected chi connectivity index (χ4v) is 3.57. The van der Waals surface area contributed by atoms with Gasteiger partial charge in [-0.3, -0.25) is 5.84 Å². The van der Waals surface area contributed by atoms with Crippen molar-refractivity contribution in [3.63, 3.8) is 0 Å². The third kappa shape index (κ3) is 2.25. The van der Waals surface area contributed by atoms with Crippen LogP contribution in [0.3, 0.4) is 0 Å². The lowest BCUT2D eigenvalue weighted by Crippen LogP contribution is -2.36. The molecule has 92 valence electrons. The molecule has 0 unspecified atom stereocenters. The van der Waals surface area contributed by atoms with Gasteiger partial charge in [0.1, 0.15) is 0 Å². The van der Waals surface area contributed by atoms with Gasteiger partial charge in [0, 0.05) is 45.9 Å². The van der Waals surface area contributed by atoms with Gasteiger partial charge >= 0.3 is 0 Å². The molecule has 3 aliphatic heterocycles. The summed E-state index contributed by atoms with van der Waals surface area (Å²) in [6.07, 6.45) is 2.52. The normalized spacial score (nSPS) is 38.1. The van der Waals surface area contributed by atoms with E-state index in [2.05, 4.69) is 4.90 Å². The molecule has 0 amide bonds. The summed E-state index contributed by atoms with van der Waals surface area (Å²) in [7, 11) is 0. The average Bonchev–Trinajstić information content (AvgIpc) is 2.76. The monoisotopic (exact) mass is 225 g/mol. The molecule has 3 heterocycles. The Kier molecular flexibility index (Phi) is 3.16. The Hall–Kier alpha value is -0.160. The van der Waals surface area contributed by atoms with Crippen LogP contribution in [0.1, 0.15) is 12.8 Å². The number of hydrogen-bond donors (Lipinski definition) is 1. The van der Waals surface area contributed by atoms with Crippen molar-refractivity contribution in [1.29, 1.82) is 0 Å². The Labute approximate surface area is 97.7 Å². The minimum atomic E-state index is 0.838. The Balaban J connectivity index is 1.47. The Bertz CT molecular complexity index is 228. The van der Waals surface area contributed by atoms with Crippen LogP contribution in [0.4, 0.5) is 0 Å². The molecule has 3 aliphatic rings. The minimum absolute atomic E-state index is 0.838. The summed E-state index contributed by atoms with van der Waals surface area (Å²) in [4.78, 5) is 2.66. The summed E-state index contributed by atoms with van der Waals surface area (Å²) in [5.74, 6) is 8.41. The van der Waals surface area contributed by atoms with Crippen LogP contribution in [-0.4, -0.2) is 55.8 Å². The van der Waals surface area contributed by atoms with E-state index >= 15 is 0 Å². The van der Waals surface area contributed by atoms with E-state index < -0.39 is 0 Å². The Morgan fingerprint density at radius 3 is 2.25 bits per heavy atom. The van der Waals surface area contributed by atoms with Gasteiger partial charge in [0.25, 0.3) is 0 Å². The van der Waals surface area contributed by atoms with Crippen LogP contribution >= 0.6 is 0 Å². The first-order chi connectivity index (χ1) is 7.81. The molecule has 0 aliphatic carbocycles. The van der Waals surface area contributed by atoms with E-state index in [1.165, 1.54) is 32.5 Å². The van der Waals surface area contributed by atoms with E-state index in [0.29, 0.717) is 0 Å². The van der Waals surface area contributed by atoms with Crippen molar-refractivity contribution in [2.45, 2.75) is 12.8 Å². The van der Waals surface area contributed by atoms with Crippen molar-refractivity contribution in [3.05, 3.63) is 0 Å². The van der Waals surface area contributed by atoms with Crippen molar-refractivity contribution < 1.29 is 4.74 Å². The number of ether oxygens (including phenoxy) is 1. The van der Waals surface area contributed by atoms with Crippen LogP contribution in [0.5, 0.6) is 0 Å². The zero-order valence-electron chi connectivity index (χ0n) is 9.98. The van der Waals surface area contributed by atoms with Gasteiger partial charge in [-0.15, -0.1) is 0 Å². The number of likely N-dealkylation sites (tertiary alicyclic amines) is 1. The van der Waals surface area contributed by atoms with Crippen LogP contribution in [0.2, 0.25) is 0 Å². The molecule has 3 fully saturated rings. The molecule has 3 saturated heterocycles. The largest absolute Gasteiger partial charge is 0.381 e. The fourth-order valence-electron chi connectivity index (χ4n) is 3.57. The lowest BCUT2D eigenvalue weighted by molar-refractivity contribution is 0.0541. The number of rotatable bonds is 2. The van der Waals surface area contributed by atoms with Crippen molar-refractivity contribution in [1.82, 2.24) is 9.91 Å². The minimum Gasteiger partial charge on any atom is -0.381 e. The van der Waals surface area contributed by atoms with Crippen molar-refractivity contribution in [2.24, 2.45) is 23.6 Å². The summed E-state index contributed by atoms with van der Waals surface area (Å²) in [6, 6.07) is 0. The summed E-state index contributed by atoms with van der Waals surface area (Å²) >= 11 is 0. The average molecular weight is 225 g/mol. The highest BCUT2D eigenvalue weighted by atomic mass is 16.5. The van der Waals surface area contributed by atoms with Gasteiger partial charge in [-0.2, -0.15) is 0 Å². The van der Waals surface area contributed by atoms with Crippen molar-refractivity contribution in [2.75, 3.05) is 45.9 Å². The van der Waals surface area contributed by atoms with Gasteiger partial charge < -0.3 is 9.64 Å². The number of nitrogens with two attached hydrogens (primary N) is 1. The summed E-state index contributed by atoms with van der Waals surface area (Å²) in [5.41, 5.74) is 0. The molecule has 0 aromatic carbocycles. The molecule has 2 atom stereocenters. The molecule has 0 radical (unpaired) electrons. The molecule has 4 nitrogen and oxygen atoms in total. The summed E-state index contributed by atoms with van der Waals surface area (Å²) < 4.78 is 5.41. The quantitative estimate of drug-likeness (QED) is 0.679. The number of hydrazine groups is 1. The molecule has 2 N–H and O–H groups in total. The lowest BCUT2D eigenvalue weighted by atomic mass is 10.00. The molecule has 16 heavy (non-hydrogen) atoms. The maximum absolute atomic E-state index is 5.85. The molecular weight excluding hydrogens is 202 g/mol. The van der Waals surface area contributed by atoms with Gasteiger partial charge in [0.05, 0.1) is 0 Å². The standard InChI is InChI=1S/C12H23N3O/c13-15-8-11-6-14(7-12(11)9-15)5-10-1-3-16-4-2-10/h10-12H,1-9,13H2/t11-,12+. The smallest absolute Gasteiger partial charge is 0.0469 e. The summed E-state index contributed by atoms with van der Waals surface area (Å²) in [6.45, 7) is 8.00. The van der Waals surface area contributed by atoms with Crippen LogP contribution in [0.25, 0.3) is 0 Å². The third-order valence-corrected chi connectivity index (χ3v) is 4.45. The van der Waals surface area contributed by atoms with Crippen LogP contribution < -0.4 is 5.84 Å². The molecule has 4 heteroatoms. The van der Waals surface area contributed by atoms with Crippen molar-refractivity contribution >= 4 is 0 Å². The van der Waals surface area contributed by atoms with E-state index in [0.717, 1.165) is 44.1 Å². The van der Waals surface area contributed by atoms with Gasteiger partial charge in [0.15, 0.2) is 0 Å². The number of nitrogens with zero attached hydrogens (tertiary/aromatic N) is 2. The Morgan fingerprint density at radius 1 is 1.00 bits per heavy atom. The third-order valence-electron chi connectivity index (χ3n) is 4.45. The second kappa shape index (κ2) is 4.61. The molecule has 0 bridgehead atoms. The highest BCUT2D eigenvalue weighted by Gasteiger charge is 2.39. The first kappa shape index (κ1) is 11.0. The summed E-state index contributed by atoms with van der Waals surface area (Å²) in [5, 5.41) is 2.00. The SMILES string of the molecule is NN1C[C@@H]2CN(CC3CCOCC3)C[C@@H]2C1. The predicted octanol–water partition coefficient (Wildman–Crippen LogP) is 0.150. The first-order valence-electron chi connectivity index (χ1n) is 6.61. The zero-order valence-corrected chi connectivity index (χ0v) is 9.98. The van der Waals surface area contributed by atoms with Gasteiger partial charge in [-0.25, -0.2) is 5.01 Å². The van der Waals surface area contributed by atoms with E-state index in [1.807, 2.05) is 5.01 Å². The Morgan fingerprint density at radius 2 is 1.62 bits per heavy atom. The maximum atomic E-state index is 5.85. The highest BCUT2D eigenvalue weighted by Crippen LogP contribution is 2.30. The van der Waals surface area contributed by atoms with E-state index in [4.69, 9.17) is 10.6 Å². The van der Waals surface area contributed by atoms with Crippen LogP contribution in [0.15, 0.2) is 0 Å². The van der Waals surface area contributed by atoms with E-state index in [1.54, 1.807) is 0 Å². The molecule has 0 saturated carbocycles. The van der Waals surface area contributed by atoms with Crippen LogP contribution in [0, 0.1) is 17.8 Å². The van der Waals surface area contributed by atoms with Gasteiger partial charge in [-0.05, 0) is 30.6 Å². The maximum Gasteiger partial charge on any atom is 0.0469 e. The number of hydrogen-bond acceptors (Lipinski definition) is 4. The molecular formula is C12H23N3O. The zero-order chi connectivity index (χ0) is 11.0. The second-order valence-corrected chi connectivity index (χ2v) is 5.75. The predicted molar refractivity (Wildman–Crippen MR) is 62.7 cm³/mol. The van der Waals surface area contributed by atoms with Crippen molar-refractivity contribution in [3.8, 4) is 0 Å². The topological polar surface area (TPSA) is 41.7 Å². The molecule has 0 aromatic heterocycles. The van der Waals surface area contributed by atoms with Crippen LogP contribution in [-0.2, 0) is 4.74 Å². The van der Waals surface area contributed by atoms with E-state index in [9.17, 15) is 0 Å². The van der Waals surface area contributed by atoms with Gasteiger partial charge in [0.2, 0.25) is 0 Å². The van der Waals surface area contributed by atoms with E-state index in [-0.39, 0.29) is 0 Å². The highest BCUT2D eigenvalue weighted by molar-refractivity contribution is 4.92. The molecule has 0 spiro atoms.